The Bertz CT molecular complexity index is 586. The monoisotopic (exact) mass is 286 g/mol. The molecule has 0 saturated heterocycles. The molecule has 0 amide bonds. The summed E-state index contributed by atoms with van der Waals surface area (Å²) in [4.78, 5) is 0. The minimum absolute atomic E-state index is 0.572. The Morgan fingerprint density at radius 1 is 0.952 bits per heavy atom. The van der Waals surface area contributed by atoms with E-state index >= 15 is 0 Å². The second-order valence-corrected chi connectivity index (χ2v) is 4.52. The van der Waals surface area contributed by atoms with Crippen molar-refractivity contribution in [2.45, 2.75) is 6.54 Å². The summed E-state index contributed by atoms with van der Waals surface area (Å²) in [5.74, 6) is 2.14. The van der Waals surface area contributed by atoms with Gasteiger partial charge >= 0.3 is 0 Å². The van der Waals surface area contributed by atoms with Gasteiger partial charge in [0.15, 0.2) is 0 Å². The van der Waals surface area contributed by atoms with Gasteiger partial charge in [0, 0.05) is 24.4 Å². The van der Waals surface area contributed by atoms with Gasteiger partial charge in [-0.1, -0.05) is 18.2 Å². The fourth-order valence-electron chi connectivity index (χ4n) is 2.13. The summed E-state index contributed by atoms with van der Waals surface area (Å²) in [6, 6.07) is 11.6. The molecule has 4 heteroatoms. The van der Waals surface area contributed by atoms with Crippen molar-refractivity contribution >= 4 is 5.69 Å². The number of anilines is 1. The first-order valence-electron chi connectivity index (χ1n) is 6.63. The summed E-state index contributed by atoms with van der Waals surface area (Å²) in [6.45, 7) is 4.57. The predicted octanol–water partition coefficient (Wildman–Crippen LogP) is 3.51. The lowest BCUT2D eigenvalue weighted by atomic mass is 10.1. The van der Waals surface area contributed by atoms with Crippen molar-refractivity contribution < 1.29 is 14.2 Å². The van der Waals surface area contributed by atoms with E-state index in [9.17, 15) is 0 Å². The SMILES string of the molecule is [CH2]c1ccccc1NCc1c(OC)cc(OC)cc1OC. The lowest BCUT2D eigenvalue weighted by Gasteiger charge is -2.16. The first-order valence-corrected chi connectivity index (χ1v) is 6.63. The predicted molar refractivity (Wildman–Crippen MR) is 84.3 cm³/mol. The fraction of sp³-hybridized carbons (Fsp3) is 0.235. The lowest BCUT2D eigenvalue weighted by molar-refractivity contribution is 0.369. The molecule has 0 aliphatic heterocycles. The summed E-state index contributed by atoms with van der Waals surface area (Å²) in [6.07, 6.45) is 0. The molecule has 2 rings (SSSR count). The summed E-state index contributed by atoms with van der Waals surface area (Å²) in [5, 5.41) is 3.35. The van der Waals surface area contributed by atoms with E-state index in [4.69, 9.17) is 14.2 Å². The number of rotatable bonds is 6. The zero-order chi connectivity index (χ0) is 15.2. The van der Waals surface area contributed by atoms with Crippen molar-refractivity contribution in [2.75, 3.05) is 26.6 Å². The van der Waals surface area contributed by atoms with Crippen LogP contribution in [0.2, 0.25) is 0 Å². The van der Waals surface area contributed by atoms with E-state index < -0.39 is 0 Å². The van der Waals surface area contributed by atoms with Gasteiger partial charge in [0.25, 0.3) is 0 Å². The van der Waals surface area contributed by atoms with Crippen LogP contribution in [0.1, 0.15) is 11.1 Å². The van der Waals surface area contributed by atoms with Crippen LogP contribution in [0, 0.1) is 6.92 Å². The molecule has 0 atom stereocenters. The molecular formula is C17H20NO3. The van der Waals surface area contributed by atoms with E-state index in [-0.39, 0.29) is 0 Å². The van der Waals surface area contributed by atoms with Gasteiger partial charge < -0.3 is 19.5 Å². The molecule has 21 heavy (non-hydrogen) atoms. The molecule has 0 unspecified atom stereocenters. The second-order valence-electron chi connectivity index (χ2n) is 4.52. The molecule has 1 radical (unpaired) electrons. The van der Waals surface area contributed by atoms with Crippen LogP contribution in [-0.2, 0) is 6.54 Å². The number of hydrogen-bond acceptors (Lipinski definition) is 4. The third-order valence-corrected chi connectivity index (χ3v) is 3.29. The average molecular weight is 286 g/mol. The van der Waals surface area contributed by atoms with E-state index in [2.05, 4.69) is 12.2 Å². The molecule has 0 saturated carbocycles. The quantitative estimate of drug-likeness (QED) is 0.882. The van der Waals surface area contributed by atoms with Gasteiger partial charge in [-0.05, 0) is 18.6 Å². The number of methoxy groups -OCH3 is 3. The van der Waals surface area contributed by atoms with Crippen LogP contribution in [-0.4, -0.2) is 21.3 Å². The maximum Gasteiger partial charge on any atom is 0.131 e. The van der Waals surface area contributed by atoms with Gasteiger partial charge in [0.05, 0.1) is 26.9 Å². The third-order valence-electron chi connectivity index (χ3n) is 3.29. The molecule has 111 valence electrons. The van der Waals surface area contributed by atoms with Gasteiger partial charge in [-0.25, -0.2) is 0 Å². The van der Waals surface area contributed by atoms with Crippen molar-refractivity contribution in [3.63, 3.8) is 0 Å². The molecule has 0 fully saturated rings. The van der Waals surface area contributed by atoms with Crippen molar-refractivity contribution in [1.29, 1.82) is 0 Å². The largest absolute Gasteiger partial charge is 0.496 e. The van der Waals surface area contributed by atoms with E-state index in [1.807, 2.05) is 36.4 Å². The van der Waals surface area contributed by atoms with Crippen LogP contribution in [0.5, 0.6) is 17.2 Å². The number of hydrogen-bond donors (Lipinski definition) is 1. The minimum atomic E-state index is 0.572. The van der Waals surface area contributed by atoms with Gasteiger partial charge in [-0.15, -0.1) is 0 Å². The molecule has 0 bridgehead atoms. The molecule has 0 aliphatic carbocycles. The molecule has 0 heterocycles. The van der Waals surface area contributed by atoms with E-state index in [1.54, 1.807) is 21.3 Å². The highest BCUT2D eigenvalue weighted by atomic mass is 16.5. The maximum atomic E-state index is 5.43. The zero-order valence-corrected chi connectivity index (χ0v) is 12.6. The molecule has 0 aliphatic rings. The van der Waals surface area contributed by atoms with Crippen LogP contribution >= 0.6 is 0 Å². The van der Waals surface area contributed by atoms with E-state index in [0.29, 0.717) is 12.3 Å². The second kappa shape index (κ2) is 6.88. The zero-order valence-electron chi connectivity index (χ0n) is 12.6. The summed E-state index contributed by atoms with van der Waals surface area (Å²) in [5.41, 5.74) is 2.87. The van der Waals surface area contributed by atoms with Crippen molar-refractivity contribution in [3.8, 4) is 17.2 Å². The topological polar surface area (TPSA) is 39.7 Å². The first-order chi connectivity index (χ1) is 10.2. The van der Waals surface area contributed by atoms with E-state index in [0.717, 1.165) is 28.3 Å². The van der Waals surface area contributed by atoms with Crippen LogP contribution < -0.4 is 19.5 Å². The fourth-order valence-corrected chi connectivity index (χ4v) is 2.13. The first kappa shape index (κ1) is 15.0. The maximum absolute atomic E-state index is 5.43. The number of para-hydroxylation sites is 1. The Kier molecular flexibility index (Phi) is 4.93. The molecule has 2 aromatic carbocycles. The Morgan fingerprint density at radius 2 is 1.57 bits per heavy atom. The highest BCUT2D eigenvalue weighted by Crippen LogP contribution is 2.34. The van der Waals surface area contributed by atoms with Crippen LogP contribution in [0.25, 0.3) is 0 Å². The lowest BCUT2D eigenvalue weighted by Crippen LogP contribution is -2.05. The van der Waals surface area contributed by atoms with Crippen molar-refractivity contribution in [2.24, 2.45) is 0 Å². The molecule has 2 aromatic rings. The number of benzene rings is 2. The molecule has 0 aromatic heterocycles. The summed E-state index contributed by atoms with van der Waals surface area (Å²) < 4.78 is 16.1. The third kappa shape index (κ3) is 3.40. The molecular weight excluding hydrogens is 266 g/mol. The Hall–Kier alpha value is -2.36. The molecule has 4 nitrogen and oxygen atoms in total. The van der Waals surface area contributed by atoms with Gasteiger partial charge in [0.1, 0.15) is 17.2 Å². The smallest absolute Gasteiger partial charge is 0.131 e. The highest BCUT2D eigenvalue weighted by Gasteiger charge is 2.13. The standard InChI is InChI=1S/C17H20NO3/c1-12-7-5-6-8-15(12)18-11-14-16(20-3)9-13(19-2)10-17(14)21-4/h5-10,18H,1,11H2,2-4H3. The van der Waals surface area contributed by atoms with Gasteiger partial charge in [-0.2, -0.15) is 0 Å². The van der Waals surface area contributed by atoms with Crippen LogP contribution in [0.4, 0.5) is 5.69 Å². The summed E-state index contributed by atoms with van der Waals surface area (Å²) in [7, 11) is 4.88. The highest BCUT2D eigenvalue weighted by molar-refractivity contribution is 5.56. The number of nitrogens with one attached hydrogen (secondary N) is 1. The summed E-state index contributed by atoms with van der Waals surface area (Å²) >= 11 is 0. The Labute approximate surface area is 125 Å². The number of ether oxygens (including phenoxy) is 3. The normalized spacial score (nSPS) is 10.1. The van der Waals surface area contributed by atoms with Crippen LogP contribution in [0.15, 0.2) is 36.4 Å². The van der Waals surface area contributed by atoms with Crippen LogP contribution in [0.3, 0.4) is 0 Å². The van der Waals surface area contributed by atoms with Crippen molar-refractivity contribution in [1.82, 2.24) is 0 Å². The Morgan fingerprint density at radius 3 is 2.10 bits per heavy atom. The average Bonchev–Trinajstić information content (AvgIpc) is 2.53. The molecule has 0 spiro atoms. The Balaban J connectivity index is 2.28. The van der Waals surface area contributed by atoms with Gasteiger partial charge in [-0.3, -0.25) is 0 Å². The van der Waals surface area contributed by atoms with Gasteiger partial charge in [0.2, 0.25) is 0 Å². The molecule has 1 N–H and O–H groups in total. The van der Waals surface area contributed by atoms with E-state index in [1.165, 1.54) is 0 Å². The minimum Gasteiger partial charge on any atom is -0.496 e. The van der Waals surface area contributed by atoms with Crippen molar-refractivity contribution in [3.05, 3.63) is 54.4 Å².